The Bertz CT molecular complexity index is 650. The Morgan fingerprint density at radius 1 is 1.28 bits per heavy atom. The van der Waals surface area contributed by atoms with E-state index < -0.39 is 5.41 Å². The summed E-state index contributed by atoms with van der Waals surface area (Å²) in [6.45, 7) is 9.48. The average molecular weight is 348 g/mol. The van der Waals surface area contributed by atoms with Gasteiger partial charge in [0.05, 0.1) is 5.41 Å². The molecule has 6 heteroatoms. The van der Waals surface area contributed by atoms with Gasteiger partial charge in [0.15, 0.2) is 0 Å². The Morgan fingerprint density at radius 2 is 1.92 bits per heavy atom. The molecule has 1 saturated carbocycles. The van der Waals surface area contributed by atoms with E-state index in [1.807, 2.05) is 36.6 Å². The number of rotatable bonds is 5. The van der Waals surface area contributed by atoms with Gasteiger partial charge >= 0.3 is 0 Å². The van der Waals surface area contributed by atoms with Crippen LogP contribution in [0.25, 0.3) is 0 Å². The minimum Gasteiger partial charge on any atom is -0.349 e. The number of aryl methyl sites for hydroxylation is 1. The predicted octanol–water partition coefficient (Wildman–Crippen LogP) is 2.18. The number of aromatic nitrogens is 2. The number of nitrogens with zero attached hydrogens (tertiary/aromatic N) is 4. The van der Waals surface area contributed by atoms with Crippen molar-refractivity contribution in [2.45, 2.75) is 47.1 Å². The van der Waals surface area contributed by atoms with E-state index in [1.165, 1.54) is 0 Å². The molecule has 2 amide bonds. The standard InChI is InChI=1S/C19H32N4O2/c1-14-20-10-11-23(14)13-12-22(7)17(25)19(4)9-8-15(18(19,2)3)16(24)21(5)6/h10-11,15H,8-9,12-13H2,1-7H3/t15-,19+/m0/s1. The minimum absolute atomic E-state index is 0.110. The molecule has 0 aliphatic heterocycles. The summed E-state index contributed by atoms with van der Waals surface area (Å²) in [5.41, 5.74) is -0.896. The van der Waals surface area contributed by atoms with Gasteiger partial charge in [-0.2, -0.15) is 0 Å². The van der Waals surface area contributed by atoms with E-state index in [-0.39, 0.29) is 23.1 Å². The highest BCUT2D eigenvalue weighted by Crippen LogP contribution is 2.57. The number of imidazole rings is 1. The van der Waals surface area contributed by atoms with E-state index in [9.17, 15) is 9.59 Å². The molecule has 0 bridgehead atoms. The van der Waals surface area contributed by atoms with Crippen molar-refractivity contribution in [1.29, 1.82) is 0 Å². The zero-order valence-corrected chi connectivity index (χ0v) is 16.7. The summed E-state index contributed by atoms with van der Waals surface area (Å²) in [7, 11) is 5.43. The summed E-state index contributed by atoms with van der Waals surface area (Å²) in [5.74, 6) is 1.09. The van der Waals surface area contributed by atoms with Crippen LogP contribution >= 0.6 is 0 Å². The molecular formula is C19H32N4O2. The number of hydrogen-bond donors (Lipinski definition) is 0. The highest BCUT2D eigenvalue weighted by atomic mass is 16.2. The SMILES string of the molecule is Cc1nccn1CCN(C)C(=O)[C@@]1(C)CC[C@@H](C(=O)N(C)C)C1(C)C. The van der Waals surface area contributed by atoms with Gasteiger partial charge in [-0.05, 0) is 25.2 Å². The van der Waals surface area contributed by atoms with Crippen LogP contribution in [0.15, 0.2) is 12.4 Å². The zero-order valence-electron chi connectivity index (χ0n) is 16.7. The van der Waals surface area contributed by atoms with Crippen LogP contribution in [-0.4, -0.2) is 58.9 Å². The van der Waals surface area contributed by atoms with Crippen LogP contribution in [0.2, 0.25) is 0 Å². The second kappa shape index (κ2) is 6.81. The molecule has 2 atom stereocenters. The molecule has 1 aromatic heterocycles. The Kier molecular flexibility index (Phi) is 5.30. The Hall–Kier alpha value is -1.85. The fourth-order valence-corrected chi connectivity index (χ4v) is 4.05. The first-order valence-electron chi connectivity index (χ1n) is 8.97. The summed E-state index contributed by atoms with van der Waals surface area (Å²) >= 11 is 0. The molecule has 1 aromatic rings. The number of likely N-dealkylation sites (N-methyl/N-ethyl adjacent to an activating group) is 1. The number of carbonyl (C=O) groups is 2. The van der Waals surface area contributed by atoms with Crippen molar-refractivity contribution < 1.29 is 9.59 Å². The fourth-order valence-electron chi connectivity index (χ4n) is 4.05. The molecule has 1 fully saturated rings. The van der Waals surface area contributed by atoms with Gasteiger partial charge in [-0.25, -0.2) is 4.98 Å². The third-order valence-corrected chi connectivity index (χ3v) is 6.38. The molecule has 1 aliphatic carbocycles. The zero-order chi connectivity index (χ0) is 19.0. The number of amides is 2. The first-order chi connectivity index (χ1) is 11.5. The van der Waals surface area contributed by atoms with Gasteiger partial charge in [0.2, 0.25) is 11.8 Å². The molecule has 140 valence electrons. The topological polar surface area (TPSA) is 58.4 Å². The van der Waals surface area contributed by atoms with Gasteiger partial charge in [-0.3, -0.25) is 9.59 Å². The molecule has 6 nitrogen and oxygen atoms in total. The van der Waals surface area contributed by atoms with E-state index >= 15 is 0 Å². The van der Waals surface area contributed by atoms with Gasteiger partial charge < -0.3 is 14.4 Å². The summed E-state index contributed by atoms with van der Waals surface area (Å²) in [5, 5.41) is 0. The third kappa shape index (κ3) is 3.31. The highest BCUT2D eigenvalue weighted by Gasteiger charge is 2.58. The van der Waals surface area contributed by atoms with E-state index in [1.54, 1.807) is 25.2 Å². The van der Waals surface area contributed by atoms with E-state index in [4.69, 9.17) is 0 Å². The van der Waals surface area contributed by atoms with Crippen molar-refractivity contribution >= 4 is 11.8 Å². The Labute approximate surface area is 151 Å². The van der Waals surface area contributed by atoms with E-state index in [0.29, 0.717) is 6.54 Å². The predicted molar refractivity (Wildman–Crippen MR) is 97.9 cm³/mol. The molecule has 0 radical (unpaired) electrons. The second-order valence-corrected chi connectivity index (χ2v) is 8.27. The quantitative estimate of drug-likeness (QED) is 0.819. The first kappa shape index (κ1) is 19.5. The largest absolute Gasteiger partial charge is 0.349 e. The van der Waals surface area contributed by atoms with Crippen molar-refractivity contribution in [3.63, 3.8) is 0 Å². The summed E-state index contributed by atoms with van der Waals surface area (Å²) < 4.78 is 2.05. The average Bonchev–Trinajstić information content (AvgIpc) is 3.05. The molecule has 0 saturated heterocycles. The van der Waals surface area contributed by atoms with Crippen LogP contribution in [-0.2, 0) is 16.1 Å². The maximum absolute atomic E-state index is 13.2. The molecule has 0 unspecified atom stereocenters. The highest BCUT2D eigenvalue weighted by molar-refractivity contribution is 5.87. The second-order valence-electron chi connectivity index (χ2n) is 8.27. The van der Waals surface area contributed by atoms with Crippen LogP contribution in [0.1, 0.15) is 39.4 Å². The van der Waals surface area contributed by atoms with Crippen molar-refractivity contribution in [1.82, 2.24) is 19.4 Å². The molecule has 0 N–H and O–H groups in total. The lowest BCUT2D eigenvalue weighted by Gasteiger charge is -2.42. The normalized spacial score (nSPS) is 25.0. The van der Waals surface area contributed by atoms with Crippen LogP contribution in [0.4, 0.5) is 0 Å². The van der Waals surface area contributed by atoms with Gasteiger partial charge in [-0.15, -0.1) is 0 Å². The van der Waals surface area contributed by atoms with Gasteiger partial charge in [-0.1, -0.05) is 20.8 Å². The number of hydrogen-bond acceptors (Lipinski definition) is 3. The maximum Gasteiger partial charge on any atom is 0.228 e. The molecule has 0 spiro atoms. The molecule has 1 heterocycles. The lowest BCUT2D eigenvalue weighted by Crippen LogP contribution is -2.50. The molecular weight excluding hydrogens is 316 g/mol. The lowest BCUT2D eigenvalue weighted by molar-refractivity contribution is -0.149. The summed E-state index contributed by atoms with van der Waals surface area (Å²) in [4.78, 5) is 33.5. The van der Waals surface area contributed by atoms with E-state index in [0.717, 1.165) is 25.2 Å². The van der Waals surface area contributed by atoms with Crippen LogP contribution in [0, 0.1) is 23.7 Å². The van der Waals surface area contributed by atoms with Crippen LogP contribution < -0.4 is 0 Å². The number of carbonyl (C=O) groups excluding carboxylic acids is 2. The third-order valence-electron chi connectivity index (χ3n) is 6.38. The van der Waals surface area contributed by atoms with E-state index in [2.05, 4.69) is 18.8 Å². The van der Waals surface area contributed by atoms with Crippen molar-refractivity contribution in [2.24, 2.45) is 16.7 Å². The van der Waals surface area contributed by atoms with Crippen molar-refractivity contribution in [2.75, 3.05) is 27.7 Å². The molecule has 2 rings (SSSR count). The molecule has 0 aromatic carbocycles. The molecule has 1 aliphatic rings. The Balaban J connectivity index is 2.11. The fraction of sp³-hybridized carbons (Fsp3) is 0.737. The first-order valence-corrected chi connectivity index (χ1v) is 8.97. The van der Waals surface area contributed by atoms with Crippen molar-refractivity contribution in [3.05, 3.63) is 18.2 Å². The minimum atomic E-state index is -0.526. The summed E-state index contributed by atoms with van der Waals surface area (Å²) in [6.07, 6.45) is 5.22. The maximum atomic E-state index is 13.2. The smallest absolute Gasteiger partial charge is 0.228 e. The Morgan fingerprint density at radius 3 is 2.44 bits per heavy atom. The van der Waals surface area contributed by atoms with Crippen LogP contribution in [0.3, 0.4) is 0 Å². The monoisotopic (exact) mass is 348 g/mol. The lowest BCUT2D eigenvalue weighted by atomic mass is 9.64. The summed E-state index contributed by atoms with van der Waals surface area (Å²) in [6, 6.07) is 0. The van der Waals surface area contributed by atoms with Gasteiger partial charge in [0.25, 0.3) is 0 Å². The van der Waals surface area contributed by atoms with Gasteiger partial charge in [0, 0.05) is 52.5 Å². The molecule has 25 heavy (non-hydrogen) atoms. The van der Waals surface area contributed by atoms with Gasteiger partial charge in [0.1, 0.15) is 5.82 Å². The van der Waals surface area contributed by atoms with Crippen molar-refractivity contribution in [3.8, 4) is 0 Å². The van der Waals surface area contributed by atoms with Crippen LogP contribution in [0.5, 0.6) is 0 Å².